The minimum Gasteiger partial charge on any atom is -0.322 e. The number of amides is 2. The fourth-order valence-corrected chi connectivity index (χ4v) is 5.73. The summed E-state index contributed by atoms with van der Waals surface area (Å²) in [5.41, 5.74) is 3.76. The van der Waals surface area contributed by atoms with Crippen LogP contribution in [0.2, 0.25) is 0 Å². The Morgan fingerprint density at radius 3 is 2.51 bits per heavy atom. The molecule has 0 radical (unpaired) electrons. The summed E-state index contributed by atoms with van der Waals surface area (Å²) in [4.78, 5) is 37.1. The van der Waals surface area contributed by atoms with E-state index in [9.17, 15) is 25.0 Å². The highest BCUT2D eigenvalue weighted by Crippen LogP contribution is 2.36. The van der Waals surface area contributed by atoms with E-state index in [0.717, 1.165) is 21.6 Å². The summed E-state index contributed by atoms with van der Waals surface area (Å²) in [5, 5.41) is 28.4. The molecular formula is C29H24N4O4S2. The first-order valence-electron chi connectivity index (χ1n) is 12.0. The number of non-ortho nitro benzene ring substituents is 1. The molecule has 0 spiro atoms. The van der Waals surface area contributed by atoms with Gasteiger partial charge in [-0.05, 0) is 43.2 Å². The number of carbonyl (C=O) groups is 2. The molecule has 2 amide bonds. The zero-order valence-corrected chi connectivity index (χ0v) is 22.8. The van der Waals surface area contributed by atoms with Gasteiger partial charge in [-0.2, -0.15) is 5.26 Å². The van der Waals surface area contributed by atoms with Gasteiger partial charge in [0, 0.05) is 39.2 Å². The molecule has 1 aromatic heterocycles. The first-order valence-corrected chi connectivity index (χ1v) is 13.8. The maximum Gasteiger partial charge on any atom is 0.270 e. The number of hydrogen-bond acceptors (Lipinski definition) is 7. The molecule has 1 heterocycles. The van der Waals surface area contributed by atoms with Gasteiger partial charge in [-0.3, -0.25) is 19.7 Å². The molecular weight excluding hydrogens is 532 g/mol. The lowest BCUT2D eigenvalue weighted by Crippen LogP contribution is -2.24. The maximum absolute atomic E-state index is 13.2. The van der Waals surface area contributed by atoms with Crippen molar-refractivity contribution in [3.05, 3.63) is 105 Å². The number of nitrogens with zero attached hydrogens (tertiary/aromatic N) is 2. The average molecular weight is 557 g/mol. The van der Waals surface area contributed by atoms with E-state index in [1.54, 1.807) is 18.2 Å². The van der Waals surface area contributed by atoms with Crippen LogP contribution in [-0.4, -0.2) is 22.0 Å². The van der Waals surface area contributed by atoms with Crippen LogP contribution in [0.5, 0.6) is 0 Å². The van der Waals surface area contributed by atoms with E-state index in [2.05, 4.69) is 16.7 Å². The average Bonchev–Trinajstić information content (AvgIpc) is 3.34. The van der Waals surface area contributed by atoms with Crippen LogP contribution in [-0.2, 0) is 4.79 Å². The van der Waals surface area contributed by atoms with Crippen molar-refractivity contribution in [3.63, 3.8) is 0 Å². The van der Waals surface area contributed by atoms with Gasteiger partial charge in [-0.15, -0.1) is 23.1 Å². The molecule has 4 aromatic rings. The number of benzene rings is 3. The molecule has 2 N–H and O–H groups in total. The monoisotopic (exact) mass is 556 g/mol. The van der Waals surface area contributed by atoms with Gasteiger partial charge in [0.25, 0.3) is 11.6 Å². The van der Waals surface area contributed by atoms with Gasteiger partial charge in [0.15, 0.2) is 0 Å². The normalized spacial score (nSPS) is 11.3. The quantitative estimate of drug-likeness (QED) is 0.127. The third-order valence-electron chi connectivity index (χ3n) is 5.85. The van der Waals surface area contributed by atoms with Gasteiger partial charge in [-0.25, -0.2) is 0 Å². The molecule has 10 heteroatoms. The van der Waals surface area contributed by atoms with Crippen LogP contribution < -0.4 is 10.6 Å². The van der Waals surface area contributed by atoms with Crippen molar-refractivity contribution in [3.8, 4) is 17.2 Å². The molecule has 39 heavy (non-hydrogen) atoms. The minimum absolute atomic E-state index is 0.167. The van der Waals surface area contributed by atoms with Crippen LogP contribution >= 0.6 is 23.1 Å². The van der Waals surface area contributed by atoms with Gasteiger partial charge < -0.3 is 10.6 Å². The lowest BCUT2D eigenvalue weighted by atomic mass is 10.0. The van der Waals surface area contributed by atoms with E-state index in [4.69, 9.17) is 0 Å². The first-order chi connectivity index (χ1) is 18.8. The number of rotatable bonds is 9. The van der Waals surface area contributed by atoms with E-state index in [1.165, 1.54) is 47.4 Å². The minimum atomic E-state index is -0.553. The van der Waals surface area contributed by atoms with E-state index < -0.39 is 16.1 Å². The summed E-state index contributed by atoms with van der Waals surface area (Å²) >= 11 is 2.67. The Morgan fingerprint density at radius 1 is 1.08 bits per heavy atom. The molecule has 0 aliphatic rings. The summed E-state index contributed by atoms with van der Waals surface area (Å²) in [6.45, 7) is 3.90. The molecule has 1 unspecified atom stereocenters. The fourth-order valence-electron chi connectivity index (χ4n) is 3.80. The number of nitriles is 1. The topological polar surface area (TPSA) is 125 Å². The molecule has 196 valence electrons. The number of aryl methyl sites for hydroxylation is 1. The Balaban J connectivity index is 1.45. The Bertz CT molecular complexity index is 1570. The molecule has 0 aliphatic heterocycles. The van der Waals surface area contributed by atoms with Crippen LogP contribution in [0.3, 0.4) is 0 Å². The van der Waals surface area contributed by atoms with Gasteiger partial charge in [0.1, 0.15) is 11.1 Å². The second-order valence-corrected chi connectivity index (χ2v) is 10.8. The van der Waals surface area contributed by atoms with Crippen molar-refractivity contribution in [1.29, 1.82) is 5.26 Å². The lowest BCUT2D eigenvalue weighted by molar-refractivity contribution is -0.384. The Hall–Kier alpha value is -4.46. The largest absolute Gasteiger partial charge is 0.322 e. The van der Waals surface area contributed by atoms with Crippen LogP contribution in [0.1, 0.15) is 34.8 Å². The van der Waals surface area contributed by atoms with Gasteiger partial charge >= 0.3 is 0 Å². The molecule has 0 fully saturated rings. The number of carbonyl (C=O) groups excluding carboxylic acids is 2. The fraction of sp³-hybridized carbons (Fsp3) is 0.138. The molecule has 1 atom stereocenters. The van der Waals surface area contributed by atoms with E-state index in [0.29, 0.717) is 22.7 Å². The number of nitro groups is 1. The maximum atomic E-state index is 13.2. The molecule has 0 saturated heterocycles. The summed E-state index contributed by atoms with van der Waals surface area (Å²) in [6.07, 6.45) is 0.541. The first kappa shape index (κ1) is 27.6. The van der Waals surface area contributed by atoms with Crippen molar-refractivity contribution < 1.29 is 14.5 Å². The summed E-state index contributed by atoms with van der Waals surface area (Å²) in [7, 11) is 0. The molecule has 3 aromatic carbocycles. The van der Waals surface area contributed by atoms with E-state index in [-0.39, 0.29) is 17.2 Å². The summed E-state index contributed by atoms with van der Waals surface area (Å²) in [6, 6.07) is 22.7. The van der Waals surface area contributed by atoms with E-state index >= 15 is 0 Å². The SMILES string of the molecule is CCC(Sc1cccc(NC(=O)c2cccc([N+](=O)[O-])c2)c1)C(=O)Nc1scc(-c2ccc(C)cc2)c1C#N. The van der Waals surface area contributed by atoms with Gasteiger partial charge in [-0.1, -0.05) is 48.9 Å². The van der Waals surface area contributed by atoms with Crippen LogP contribution in [0.25, 0.3) is 11.1 Å². The number of nitrogens with one attached hydrogen (secondary N) is 2. The zero-order chi connectivity index (χ0) is 27.9. The standard InChI is InChI=1S/C29H24N4O4S2/c1-3-26(28(35)32-29-24(16-30)25(17-38-29)19-12-10-18(2)11-13-19)39-23-9-5-7-21(15-23)31-27(34)20-6-4-8-22(14-20)33(36)37/h4-15,17,26H,3H2,1-2H3,(H,31,34)(H,32,35). The zero-order valence-electron chi connectivity index (χ0n) is 21.1. The van der Waals surface area contributed by atoms with Gasteiger partial charge in [0.05, 0.1) is 15.7 Å². The van der Waals surface area contributed by atoms with Crippen molar-refractivity contribution in [2.75, 3.05) is 10.6 Å². The Kier molecular flexibility index (Phi) is 8.76. The van der Waals surface area contributed by atoms with Crippen LogP contribution in [0.4, 0.5) is 16.4 Å². The molecule has 0 bridgehead atoms. The summed E-state index contributed by atoms with van der Waals surface area (Å²) in [5.74, 6) is -0.695. The smallest absolute Gasteiger partial charge is 0.270 e. The number of thioether (sulfide) groups is 1. The number of hydrogen-bond donors (Lipinski definition) is 2. The predicted molar refractivity (Wildman–Crippen MR) is 155 cm³/mol. The Morgan fingerprint density at radius 2 is 1.82 bits per heavy atom. The number of thiophene rings is 1. The molecule has 8 nitrogen and oxygen atoms in total. The van der Waals surface area contributed by atoms with Gasteiger partial charge in [0.2, 0.25) is 5.91 Å². The number of anilines is 2. The lowest BCUT2D eigenvalue weighted by Gasteiger charge is -2.15. The highest BCUT2D eigenvalue weighted by atomic mass is 32.2. The van der Waals surface area contributed by atoms with Crippen molar-refractivity contribution in [2.45, 2.75) is 30.4 Å². The van der Waals surface area contributed by atoms with Crippen molar-refractivity contribution >= 4 is 51.3 Å². The molecule has 0 aliphatic carbocycles. The summed E-state index contributed by atoms with van der Waals surface area (Å²) < 4.78 is 0. The van der Waals surface area contributed by atoms with Crippen LogP contribution in [0.15, 0.2) is 83.1 Å². The third kappa shape index (κ3) is 6.71. The highest BCUT2D eigenvalue weighted by molar-refractivity contribution is 8.00. The van der Waals surface area contributed by atoms with Crippen molar-refractivity contribution in [1.82, 2.24) is 0 Å². The molecule has 0 saturated carbocycles. The van der Waals surface area contributed by atoms with Crippen LogP contribution in [0, 0.1) is 28.4 Å². The predicted octanol–water partition coefficient (Wildman–Crippen LogP) is 7.27. The second kappa shape index (κ2) is 12.4. The third-order valence-corrected chi connectivity index (χ3v) is 8.11. The highest BCUT2D eigenvalue weighted by Gasteiger charge is 2.22. The second-order valence-electron chi connectivity index (χ2n) is 8.62. The number of nitro benzene ring substituents is 1. The van der Waals surface area contributed by atoms with E-state index in [1.807, 2.05) is 49.6 Å². The molecule has 4 rings (SSSR count). The van der Waals surface area contributed by atoms with Crippen molar-refractivity contribution in [2.24, 2.45) is 0 Å². The Labute approximate surface area is 233 Å².